The van der Waals surface area contributed by atoms with E-state index in [0.717, 1.165) is 17.6 Å². The number of ether oxygens (including phenoxy) is 4. The maximum atomic E-state index is 14.4. The first kappa shape index (κ1) is 73.9. The third-order valence-electron chi connectivity index (χ3n) is 17.3. The quantitative estimate of drug-likeness (QED) is 0.0189. The van der Waals surface area contributed by atoms with Crippen LogP contribution in [0.5, 0.6) is 5.75 Å². The number of carbonyl (C=O) groups is 11. The number of likely N-dealkylation sites (N-methyl/N-ethyl adjacent to an activating group) is 1. The molecule has 3 fully saturated rings. The van der Waals surface area contributed by atoms with Gasteiger partial charge < -0.3 is 44.5 Å². The number of epoxide rings is 1. The number of fused-ring (bicyclic) bond motifs is 5. The number of rotatable bonds is 30. The largest absolute Gasteiger partial charge is 0.495 e. The van der Waals surface area contributed by atoms with Crippen molar-refractivity contribution in [3.8, 4) is 5.75 Å². The van der Waals surface area contributed by atoms with Crippen LogP contribution in [0.15, 0.2) is 35.9 Å². The number of anilines is 1. The van der Waals surface area contributed by atoms with Crippen LogP contribution >= 0.6 is 35.1 Å². The molecule has 89 heavy (non-hydrogen) atoms. The van der Waals surface area contributed by atoms with Crippen LogP contribution in [0.1, 0.15) is 158 Å². The van der Waals surface area contributed by atoms with Gasteiger partial charge >= 0.3 is 12.1 Å². The van der Waals surface area contributed by atoms with Crippen molar-refractivity contribution in [3.63, 3.8) is 0 Å². The molecule has 7 amide bonds. The van der Waals surface area contributed by atoms with E-state index >= 15 is 0 Å². The number of alkyl carbamates (subject to hydrolysis) is 1. The third kappa shape index (κ3) is 20.9. The van der Waals surface area contributed by atoms with Crippen LogP contribution in [0.3, 0.4) is 0 Å². The van der Waals surface area contributed by atoms with Gasteiger partial charge in [-0.05, 0) is 89.0 Å². The number of halogens is 1. The molecule has 4 aliphatic rings. The van der Waals surface area contributed by atoms with Crippen LogP contribution in [0, 0.1) is 23.7 Å². The lowest BCUT2D eigenvalue weighted by atomic mass is 9.82. The molecule has 0 aliphatic carbocycles. The normalized spacial score (nSPS) is 26.0. The second-order valence-electron chi connectivity index (χ2n) is 24.4. The first-order valence-corrected chi connectivity index (χ1v) is 33.5. The fourth-order valence-corrected chi connectivity index (χ4v) is 13.2. The third-order valence-corrected chi connectivity index (χ3v) is 19.9. The van der Waals surface area contributed by atoms with Gasteiger partial charge in [0.15, 0.2) is 5.78 Å². The first-order chi connectivity index (χ1) is 41.9. The zero-order valence-electron chi connectivity index (χ0n) is 53.7. The van der Waals surface area contributed by atoms with E-state index in [1.807, 2.05) is 19.1 Å². The number of imide groups is 1. The van der Waals surface area contributed by atoms with E-state index in [4.69, 9.17) is 30.5 Å². The van der Waals surface area contributed by atoms with E-state index in [1.165, 1.54) is 66.2 Å². The average Bonchev–Trinajstić information content (AvgIpc) is 1.62. The van der Waals surface area contributed by atoms with E-state index in [1.54, 1.807) is 66.8 Å². The minimum Gasteiger partial charge on any atom is -0.495 e. The van der Waals surface area contributed by atoms with Crippen molar-refractivity contribution in [1.29, 1.82) is 0 Å². The van der Waals surface area contributed by atoms with Gasteiger partial charge in [-0.2, -0.15) is 0 Å². The second kappa shape index (κ2) is 34.0. The number of nitrogens with one attached hydrogen (secondary N) is 3. The van der Waals surface area contributed by atoms with Crippen LogP contribution in [-0.2, 0) is 68.6 Å². The molecule has 3 saturated heterocycles. The van der Waals surface area contributed by atoms with Crippen LogP contribution in [0.2, 0.25) is 5.02 Å². The molecule has 25 heteroatoms. The van der Waals surface area contributed by atoms with Gasteiger partial charge in [-0.3, -0.25) is 53.4 Å². The SMILES string of the molecule is CCC(=O)CCCN1C(=O)CC(SCCCC(=O)C[C@@H](C)C(=O)N[C@H](C)C(=O)C[C@@H](C)C(=O)NCSCCCCCC(=O)N(C)[C@@H](C)C(=O)O[C@H]2CC(=O)N(C)c3cc(cc(OC)c3Cl)C/C(C)=C/C=C/[C@@H](C)[C@@]3(O)C[C@H](OC(=O)N3)[C@@H](C)C3O[C@]32C)C1=O. The highest BCUT2D eigenvalue weighted by molar-refractivity contribution is 8.00. The van der Waals surface area contributed by atoms with Crippen LogP contribution in [0.4, 0.5) is 10.5 Å². The molecule has 22 nitrogen and oxygen atoms in total. The summed E-state index contributed by atoms with van der Waals surface area (Å²) in [6.45, 7) is 15.5. The number of unbranched alkanes of at least 4 members (excludes halogenated alkanes) is 2. The minimum atomic E-state index is -1.67. The molecule has 0 saturated carbocycles. The summed E-state index contributed by atoms with van der Waals surface area (Å²) >= 11 is 9.64. The summed E-state index contributed by atoms with van der Waals surface area (Å²) < 4.78 is 23.8. The molecule has 494 valence electrons. The van der Waals surface area contributed by atoms with E-state index in [-0.39, 0.29) is 97.5 Å². The van der Waals surface area contributed by atoms with Crippen molar-refractivity contribution >= 4 is 106 Å². The molecule has 4 aliphatic heterocycles. The number of thioether (sulfide) groups is 2. The molecular formula is C64H93ClN6O16S2. The molecule has 1 aromatic rings. The molecule has 2 unspecified atom stereocenters. The van der Waals surface area contributed by atoms with E-state index < -0.39 is 94.5 Å². The Bertz CT molecular complexity index is 2840. The molecule has 4 N–H and O–H groups in total. The van der Waals surface area contributed by atoms with Crippen molar-refractivity contribution in [2.45, 2.75) is 206 Å². The van der Waals surface area contributed by atoms with Crippen molar-refractivity contribution in [2.75, 3.05) is 50.0 Å². The van der Waals surface area contributed by atoms with Gasteiger partial charge in [0.1, 0.15) is 51.9 Å². The predicted molar refractivity (Wildman–Crippen MR) is 340 cm³/mol. The van der Waals surface area contributed by atoms with Gasteiger partial charge in [0.2, 0.25) is 35.4 Å². The number of methoxy groups -OCH3 is 1. The Hall–Kier alpha value is -5.82. The Morgan fingerprint density at radius 2 is 1.61 bits per heavy atom. The highest BCUT2D eigenvalue weighted by Gasteiger charge is 2.64. The lowest BCUT2D eigenvalue weighted by Crippen LogP contribution is -2.60. The van der Waals surface area contributed by atoms with E-state index in [9.17, 15) is 57.8 Å². The van der Waals surface area contributed by atoms with E-state index in [2.05, 4.69) is 16.0 Å². The lowest BCUT2D eigenvalue weighted by molar-refractivity contribution is -0.162. The highest BCUT2D eigenvalue weighted by Crippen LogP contribution is 2.49. The maximum absolute atomic E-state index is 14.4. The average molecular weight is 1300 g/mol. The number of Topliss-reactive ketones (excluding diaryl/α,β-unsaturated/α-hetero) is 3. The molecule has 12 atom stereocenters. The number of nitrogens with zero attached hydrogens (tertiary/aromatic N) is 3. The summed E-state index contributed by atoms with van der Waals surface area (Å²) in [7, 11) is 4.55. The number of amides is 7. The van der Waals surface area contributed by atoms with Crippen molar-refractivity contribution in [3.05, 3.63) is 46.5 Å². The molecule has 5 rings (SSSR count). The summed E-state index contributed by atoms with van der Waals surface area (Å²) in [5.41, 5.74) is -0.814. The zero-order valence-corrected chi connectivity index (χ0v) is 56.1. The number of carbonyl (C=O) groups excluding carboxylic acids is 11. The Morgan fingerprint density at radius 3 is 2.30 bits per heavy atom. The molecule has 0 spiro atoms. The van der Waals surface area contributed by atoms with Gasteiger partial charge in [-0.1, -0.05) is 76.4 Å². The monoisotopic (exact) mass is 1300 g/mol. The highest BCUT2D eigenvalue weighted by atomic mass is 35.5. The molecule has 4 bridgehead atoms. The molecule has 0 aromatic heterocycles. The number of ketones is 3. The minimum absolute atomic E-state index is 0.0170. The second-order valence-corrected chi connectivity index (χ2v) is 27.2. The summed E-state index contributed by atoms with van der Waals surface area (Å²) in [5, 5.41) is 19.6. The Morgan fingerprint density at radius 1 is 0.910 bits per heavy atom. The van der Waals surface area contributed by atoms with Crippen molar-refractivity contribution in [1.82, 2.24) is 25.8 Å². The Balaban J connectivity index is 1.02. The van der Waals surface area contributed by atoms with Crippen molar-refractivity contribution < 1.29 is 76.8 Å². The fourth-order valence-electron chi connectivity index (χ4n) is 11.0. The summed E-state index contributed by atoms with van der Waals surface area (Å²) in [6.07, 6.45) is 5.99. The van der Waals surface area contributed by atoms with Crippen LogP contribution < -0.4 is 25.6 Å². The molecule has 1 aromatic carbocycles. The van der Waals surface area contributed by atoms with Crippen molar-refractivity contribution in [2.24, 2.45) is 23.7 Å². The van der Waals surface area contributed by atoms with E-state index in [0.29, 0.717) is 73.8 Å². The maximum Gasteiger partial charge on any atom is 0.409 e. The number of likely N-dealkylation sites (tertiary alicyclic amines) is 1. The van der Waals surface area contributed by atoms with Gasteiger partial charge in [-0.25, -0.2) is 9.59 Å². The number of hydrogen-bond donors (Lipinski definition) is 4. The summed E-state index contributed by atoms with van der Waals surface area (Å²) in [4.78, 5) is 147. The Kier molecular flexibility index (Phi) is 28.2. The standard InChI is InChI=1S/C64H93ClN6O16S2/c1-13-45(72)22-18-25-71-55(77)33-51(60(71)80)89-27-19-23-46(73)29-38(3)59(79)67-42(7)48(74)30-39(4)58(78)66-36-88-26-16-14-15-24-53(75)69(10)43(8)61(81)86-52-34-54(76)70(11)47-31-44(32-49(84-12)56(47)65)28-37(2)20-17-21-40(5)64(83)35-50(85-62(82)68-64)41(6)57-63(52,9)87-57/h17,20-21,31-32,38-43,50-52,57,83H,13-16,18-19,22-30,33-36H2,1-12H3,(H,66,78)(H,67,79)(H,68,82)/b21-17+,37-20+/t38-,39-,40-,41-,42-,43+,50+,51?,52+,57?,63+,64+/m1/s1. The van der Waals surface area contributed by atoms with Gasteiger partial charge in [0, 0.05) is 95.7 Å². The smallest absolute Gasteiger partial charge is 0.409 e. The molecule has 0 radical (unpaired) electrons. The molecule has 4 heterocycles. The topological polar surface area (TPSA) is 294 Å². The number of allylic oxidation sites excluding steroid dienone is 3. The molecular weight excluding hydrogens is 1210 g/mol. The van der Waals surface area contributed by atoms with Gasteiger partial charge in [0.05, 0.1) is 42.5 Å². The zero-order chi connectivity index (χ0) is 66.1. The predicted octanol–water partition coefficient (Wildman–Crippen LogP) is 7.60. The van der Waals surface area contributed by atoms with Gasteiger partial charge in [0.25, 0.3) is 0 Å². The number of esters is 1. The number of hydrogen-bond acceptors (Lipinski definition) is 18. The fraction of sp³-hybridized carbons (Fsp3) is 0.672. The first-order valence-electron chi connectivity index (χ1n) is 30.9. The summed E-state index contributed by atoms with van der Waals surface area (Å²) in [5.74, 6) is -3.88. The number of aliphatic hydroxyl groups is 1. The number of benzene rings is 1. The Labute approximate surface area is 537 Å². The van der Waals surface area contributed by atoms with Crippen LogP contribution in [-0.4, -0.2) is 172 Å². The lowest BCUT2D eigenvalue weighted by Gasteiger charge is -2.41. The van der Waals surface area contributed by atoms with Crippen LogP contribution in [0.25, 0.3) is 0 Å². The van der Waals surface area contributed by atoms with Gasteiger partial charge in [-0.15, -0.1) is 23.5 Å². The summed E-state index contributed by atoms with van der Waals surface area (Å²) in [6, 6.07) is 1.63.